The van der Waals surface area contributed by atoms with E-state index in [0.29, 0.717) is 0 Å². The third kappa shape index (κ3) is 3.74. The highest BCUT2D eigenvalue weighted by molar-refractivity contribution is 7.60. The maximum atomic E-state index is 2.54. The molecular formula is C21H39P. The maximum absolute atomic E-state index is 2.54. The zero-order valence-electron chi connectivity index (χ0n) is 15.2. The fourth-order valence-corrected chi connectivity index (χ4v) is 11.2. The molecule has 0 aromatic heterocycles. The first-order valence-corrected chi connectivity index (χ1v) is 12.2. The molecule has 0 amide bonds. The molecule has 0 aromatic carbocycles. The molecule has 2 atom stereocenters. The molecular weight excluding hydrogens is 283 g/mol. The first-order chi connectivity index (χ1) is 10.8. The average molecular weight is 323 g/mol. The van der Waals surface area contributed by atoms with Crippen molar-refractivity contribution in [3.05, 3.63) is 0 Å². The van der Waals surface area contributed by atoms with Gasteiger partial charge in [0.25, 0.3) is 0 Å². The van der Waals surface area contributed by atoms with Crippen LogP contribution in [0.15, 0.2) is 0 Å². The highest BCUT2D eigenvalue weighted by Crippen LogP contribution is 2.64. The minimum atomic E-state index is 0.289. The number of hydrogen-bond acceptors (Lipinski definition) is 0. The summed E-state index contributed by atoms with van der Waals surface area (Å²) < 4.78 is 0. The van der Waals surface area contributed by atoms with Gasteiger partial charge in [0.05, 0.1) is 0 Å². The lowest BCUT2D eigenvalue weighted by Crippen LogP contribution is -2.30. The van der Waals surface area contributed by atoms with Gasteiger partial charge in [0, 0.05) is 0 Å². The predicted octanol–water partition coefficient (Wildman–Crippen LogP) is 7.35. The summed E-state index contributed by atoms with van der Waals surface area (Å²) in [6.45, 7) is 5.07. The summed E-state index contributed by atoms with van der Waals surface area (Å²) in [5, 5.41) is 0. The van der Waals surface area contributed by atoms with Crippen molar-refractivity contribution in [1.82, 2.24) is 0 Å². The van der Waals surface area contributed by atoms with E-state index in [4.69, 9.17) is 0 Å². The van der Waals surface area contributed by atoms with E-state index >= 15 is 0 Å². The highest BCUT2D eigenvalue weighted by atomic mass is 31.1. The van der Waals surface area contributed by atoms with Crippen molar-refractivity contribution >= 4 is 7.92 Å². The average Bonchev–Trinajstić information content (AvgIpc) is 3.29. The summed E-state index contributed by atoms with van der Waals surface area (Å²) in [4.78, 5) is 0. The van der Waals surface area contributed by atoms with Crippen molar-refractivity contribution in [2.24, 2.45) is 11.8 Å². The summed E-state index contributed by atoms with van der Waals surface area (Å²) >= 11 is 0. The smallest absolute Gasteiger partial charge is 0.0178 e. The normalized spacial score (nSPS) is 28.0. The van der Waals surface area contributed by atoms with Crippen molar-refractivity contribution in [2.45, 2.75) is 121 Å². The number of hydrogen-bond donors (Lipinski definition) is 0. The fraction of sp³-hybridized carbons (Fsp3) is 1.00. The summed E-state index contributed by atoms with van der Waals surface area (Å²) in [6, 6.07) is 0. The van der Waals surface area contributed by atoms with Gasteiger partial charge in [0.15, 0.2) is 0 Å². The molecule has 22 heavy (non-hydrogen) atoms. The van der Waals surface area contributed by atoms with Crippen LogP contribution in [-0.4, -0.2) is 17.0 Å². The molecule has 0 radical (unpaired) electrons. The summed E-state index contributed by atoms with van der Waals surface area (Å²) in [5.41, 5.74) is 3.42. The van der Waals surface area contributed by atoms with E-state index in [1.54, 1.807) is 51.4 Å². The summed E-state index contributed by atoms with van der Waals surface area (Å²) in [5.74, 6) is 2.24. The van der Waals surface area contributed by atoms with Crippen LogP contribution in [0.25, 0.3) is 0 Å². The molecule has 0 N–H and O–H groups in total. The Labute approximate surface area is 141 Å². The van der Waals surface area contributed by atoms with Crippen LogP contribution in [0.2, 0.25) is 0 Å². The van der Waals surface area contributed by atoms with Crippen LogP contribution in [0, 0.1) is 11.8 Å². The van der Waals surface area contributed by atoms with Crippen LogP contribution in [0.5, 0.6) is 0 Å². The molecule has 128 valence electrons. The molecule has 0 heterocycles. The van der Waals surface area contributed by atoms with Crippen LogP contribution in [0.3, 0.4) is 0 Å². The Morgan fingerprint density at radius 2 is 1.00 bits per heavy atom. The van der Waals surface area contributed by atoms with Crippen LogP contribution in [0.1, 0.15) is 104 Å². The third-order valence-electron chi connectivity index (χ3n) is 7.24. The fourth-order valence-electron chi connectivity index (χ4n) is 6.25. The molecule has 3 aliphatic carbocycles. The Morgan fingerprint density at radius 1 is 0.636 bits per heavy atom. The summed E-state index contributed by atoms with van der Waals surface area (Å²) in [6.07, 6.45) is 21.7. The summed E-state index contributed by atoms with van der Waals surface area (Å²) in [7, 11) is 0.289. The maximum Gasteiger partial charge on any atom is -0.0178 e. The second kappa shape index (κ2) is 8.50. The minimum Gasteiger partial charge on any atom is -0.0966 e. The molecule has 1 heteroatoms. The highest BCUT2D eigenvalue weighted by Gasteiger charge is 2.42. The Bertz CT molecular complexity index is 284. The van der Waals surface area contributed by atoms with Gasteiger partial charge in [0.1, 0.15) is 0 Å². The molecule has 0 bridgehead atoms. The van der Waals surface area contributed by atoms with Gasteiger partial charge in [-0.05, 0) is 80.2 Å². The van der Waals surface area contributed by atoms with E-state index in [1.165, 1.54) is 38.5 Å². The standard InChI is InChI=1S/C21H39P/c1-3-20(17-11-5-6-12-17)22(19-15-9-10-16-19)21(4-2)18-13-7-8-14-18/h17-21H,3-16H2,1-2H3/t20-,21-/m0/s1. The largest absolute Gasteiger partial charge is 0.0966 e. The Balaban J connectivity index is 1.80. The first kappa shape index (κ1) is 17.3. The lowest BCUT2D eigenvalue weighted by atomic mass is 10.0. The van der Waals surface area contributed by atoms with Crippen LogP contribution >= 0.6 is 7.92 Å². The Hall–Kier alpha value is 0.430. The molecule has 0 unspecified atom stereocenters. The van der Waals surface area contributed by atoms with Gasteiger partial charge in [0.2, 0.25) is 0 Å². The Kier molecular flexibility index (Phi) is 6.67. The predicted molar refractivity (Wildman–Crippen MR) is 101 cm³/mol. The number of rotatable bonds is 7. The van der Waals surface area contributed by atoms with Gasteiger partial charge in [-0.15, -0.1) is 0 Å². The molecule has 3 rings (SSSR count). The molecule has 3 aliphatic rings. The van der Waals surface area contributed by atoms with Gasteiger partial charge in [-0.3, -0.25) is 0 Å². The van der Waals surface area contributed by atoms with Crippen molar-refractivity contribution in [3.8, 4) is 0 Å². The SMILES string of the molecule is CC[C@@H](C1CCCC1)P(C1CCCC1)[C@@H](CC)C1CCCC1. The van der Waals surface area contributed by atoms with Crippen molar-refractivity contribution in [2.75, 3.05) is 0 Å². The second-order valence-electron chi connectivity index (χ2n) is 8.43. The molecule has 0 aliphatic heterocycles. The van der Waals surface area contributed by atoms with Gasteiger partial charge in [-0.2, -0.15) is 0 Å². The Morgan fingerprint density at radius 3 is 1.36 bits per heavy atom. The van der Waals surface area contributed by atoms with E-state index in [9.17, 15) is 0 Å². The molecule has 0 saturated heterocycles. The zero-order chi connectivity index (χ0) is 15.4. The minimum absolute atomic E-state index is 0.289. The van der Waals surface area contributed by atoms with E-state index in [1.807, 2.05) is 0 Å². The van der Waals surface area contributed by atoms with Gasteiger partial charge < -0.3 is 0 Å². The quantitative estimate of drug-likeness (QED) is 0.430. The van der Waals surface area contributed by atoms with Gasteiger partial charge in [-0.25, -0.2) is 0 Å². The second-order valence-corrected chi connectivity index (χ2v) is 11.4. The van der Waals surface area contributed by atoms with E-state index in [-0.39, 0.29) is 7.92 Å². The lowest BCUT2D eigenvalue weighted by Gasteiger charge is -2.43. The van der Waals surface area contributed by atoms with Crippen molar-refractivity contribution in [3.63, 3.8) is 0 Å². The third-order valence-corrected chi connectivity index (χ3v) is 11.7. The molecule has 0 aromatic rings. The van der Waals surface area contributed by atoms with Crippen LogP contribution in [-0.2, 0) is 0 Å². The molecule has 3 saturated carbocycles. The zero-order valence-corrected chi connectivity index (χ0v) is 16.1. The monoisotopic (exact) mass is 322 g/mol. The molecule has 3 fully saturated rings. The van der Waals surface area contributed by atoms with Crippen molar-refractivity contribution < 1.29 is 0 Å². The van der Waals surface area contributed by atoms with Crippen LogP contribution < -0.4 is 0 Å². The van der Waals surface area contributed by atoms with E-state index in [2.05, 4.69) is 13.8 Å². The van der Waals surface area contributed by atoms with Gasteiger partial charge >= 0.3 is 0 Å². The molecule has 0 nitrogen and oxygen atoms in total. The van der Waals surface area contributed by atoms with E-state index < -0.39 is 0 Å². The molecule has 0 spiro atoms. The van der Waals surface area contributed by atoms with Crippen molar-refractivity contribution in [1.29, 1.82) is 0 Å². The van der Waals surface area contributed by atoms with Crippen LogP contribution in [0.4, 0.5) is 0 Å². The lowest BCUT2D eigenvalue weighted by molar-refractivity contribution is 0.467. The van der Waals surface area contributed by atoms with Gasteiger partial charge in [-0.1, -0.05) is 60.3 Å². The van der Waals surface area contributed by atoms with E-state index in [0.717, 1.165) is 28.8 Å². The first-order valence-electron chi connectivity index (χ1n) is 10.6. The topological polar surface area (TPSA) is 0 Å².